The number of aryl methyl sites for hydroxylation is 1. The molecule has 0 bridgehead atoms. The minimum atomic E-state index is -0.875. The fraction of sp³-hybridized carbons (Fsp3) is 0.222. The van der Waals surface area contributed by atoms with Gasteiger partial charge < -0.3 is 25.2 Å². The van der Waals surface area contributed by atoms with E-state index in [9.17, 15) is 15.3 Å². The average Bonchev–Trinajstić information content (AvgIpc) is 2.64. The van der Waals surface area contributed by atoms with Gasteiger partial charge in [0.1, 0.15) is 28.9 Å². The maximum atomic E-state index is 12.7. The van der Waals surface area contributed by atoms with Crippen LogP contribution >= 0.6 is 0 Å². The summed E-state index contributed by atoms with van der Waals surface area (Å²) in [6.45, 7) is 1.55. The van der Waals surface area contributed by atoms with Crippen molar-refractivity contribution in [3.63, 3.8) is 0 Å². The van der Waals surface area contributed by atoms with Crippen LogP contribution in [0.5, 0.6) is 17.2 Å². The zero-order valence-corrected chi connectivity index (χ0v) is 14.4. The van der Waals surface area contributed by atoms with E-state index in [0.29, 0.717) is 21.8 Å². The van der Waals surface area contributed by atoms with Gasteiger partial charge in [-0.25, -0.2) is 0 Å². The van der Waals surface area contributed by atoms with E-state index < -0.39 is 11.5 Å². The number of nitrogens with zero attached hydrogens (tertiary/aromatic N) is 2. The second kappa shape index (κ2) is 6.37. The predicted molar refractivity (Wildman–Crippen MR) is 91.5 cm³/mol. The topological polar surface area (TPSA) is 120 Å². The summed E-state index contributed by atoms with van der Waals surface area (Å²) in [5, 5.41) is 19.7. The number of nitriles is 1. The molecule has 26 heavy (non-hydrogen) atoms. The third-order valence-electron chi connectivity index (χ3n) is 4.29. The summed E-state index contributed by atoms with van der Waals surface area (Å²) in [6, 6.07) is 8.50. The Morgan fingerprint density at radius 3 is 2.65 bits per heavy atom. The Kier molecular flexibility index (Phi) is 4.22. The lowest BCUT2D eigenvalue weighted by atomic mass is 9.83. The van der Waals surface area contributed by atoms with Gasteiger partial charge in [0.2, 0.25) is 5.88 Å². The number of fused-ring (bicyclic) bond motifs is 1. The number of hydrogen-bond acceptors (Lipinski definition) is 7. The molecule has 134 valence electrons. The Hall–Kier alpha value is -3.60. The van der Waals surface area contributed by atoms with Crippen LogP contribution in [0.3, 0.4) is 0 Å². The van der Waals surface area contributed by atoms with Gasteiger partial charge in [0, 0.05) is 11.6 Å². The summed E-state index contributed by atoms with van der Waals surface area (Å²) < 4.78 is 16.6. The van der Waals surface area contributed by atoms with Gasteiger partial charge in [0.05, 0.1) is 31.4 Å². The number of aromatic nitrogens is 1. The van der Waals surface area contributed by atoms with Gasteiger partial charge in [-0.15, -0.1) is 0 Å². The molecule has 0 saturated heterocycles. The van der Waals surface area contributed by atoms with Gasteiger partial charge in [-0.05, 0) is 25.1 Å². The molecular formula is C18H17N3O5. The number of nitrogens with two attached hydrogens (primary N) is 1. The van der Waals surface area contributed by atoms with Crippen LogP contribution in [0.15, 0.2) is 40.5 Å². The standard InChI is InChI=1S/C18H17N3O5/c1-9-6-14-16(18(22)21(9)23)15(12(8-19)17(20)26-14)11-7-10(24-2)4-5-13(11)25-3/h4-7,15,23H,20H2,1-3H3/t15-/m0/s1. The average molecular weight is 355 g/mol. The number of methoxy groups -OCH3 is 2. The van der Waals surface area contributed by atoms with Crippen LogP contribution in [0.2, 0.25) is 0 Å². The first-order valence-corrected chi connectivity index (χ1v) is 7.68. The largest absolute Gasteiger partial charge is 0.497 e. The molecule has 3 rings (SSSR count). The minimum absolute atomic E-state index is 0.0463. The summed E-state index contributed by atoms with van der Waals surface area (Å²) in [4.78, 5) is 12.7. The van der Waals surface area contributed by atoms with Crippen molar-refractivity contribution in [2.24, 2.45) is 5.73 Å². The highest BCUT2D eigenvalue weighted by molar-refractivity contribution is 5.59. The molecule has 8 nitrogen and oxygen atoms in total. The van der Waals surface area contributed by atoms with Crippen LogP contribution in [-0.4, -0.2) is 24.2 Å². The molecule has 3 N–H and O–H groups in total. The van der Waals surface area contributed by atoms with E-state index in [1.54, 1.807) is 25.1 Å². The molecule has 0 amide bonds. The summed E-state index contributed by atoms with van der Waals surface area (Å²) in [5.41, 5.74) is 6.14. The molecule has 1 aliphatic rings. The molecule has 0 spiro atoms. The van der Waals surface area contributed by atoms with Gasteiger partial charge >= 0.3 is 0 Å². The van der Waals surface area contributed by atoms with Gasteiger partial charge in [-0.2, -0.15) is 9.99 Å². The zero-order chi connectivity index (χ0) is 19.0. The van der Waals surface area contributed by atoms with E-state index in [0.717, 1.165) is 0 Å². The molecule has 2 aromatic rings. The molecule has 0 saturated carbocycles. The maximum Gasteiger partial charge on any atom is 0.291 e. The number of benzene rings is 1. The van der Waals surface area contributed by atoms with E-state index >= 15 is 0 Å². The number of ether oxygens (including phenoxy) is 3. The van der Waals surface area contributed by atoms with Crippen molar-refractivity contribution in [3.05, 3.63) is 62.9 Å². The molecule has 0 unspecified atom stereocenters. The molecule has 8 heteroatoms. The molecule has 1 aromatic carbocycles. The highest BCUT2D eigenvalue weighted by Crippen LogP contribution is 2.44. The van der Waals surface area contributed by atoms with Gasteiger partial charge in [0.15, 0.2) is 0 Å². The Labute approximate surface area is 149 Å². The highest BCUT2D eigenvalue weighted by Gasteiger charge is 2.36. The Balaban J connectivity index is 2.39. The van der Waals surface area contributed by atoms with Crippen LogP contribution in [0.1, 0.15) is 22.7 Å². The van der Waals surface area contributed by atoms with Crippen LogP contribution in [0.25, 0.3) is 0 Å². The van der Waals surface area contributed by atoms with Crippen LogP contribution < -0.4 is 25.5 Å². The molecule has 1 atom stereocenters. The third-order valence-corrected chi connectivity index (χ3v) is 4.29. The lowest BCUT2D eigenvalue weighted by Gasteiger charge is -2.27. The first-order valence-electron chi connectivity index (χ1n) is 7.68. The second-order valence-corrected chi connectivity index (χ2v) is 5.71. The van der Waals surface area contributed by atoms with Gasteiger partial charge in [0.25, 0.3) is 5.56 Å². The minimum Gasteiger partial charge on any atom is -0.497 e. The van der Waals surface area contributed by atoms with Crippen LogP contribution in [0, 0.1) is 18.3 Å². The predicted octanol–water partition coefficient (Wildman–Crippen LogP) is 1.63. The van der Waals surface area contributed by atoms with Gasteiger partial charge in [-0.1, -0.05) is 0 Å². The molecular weight excluding hydrogens is 338 g/mol. The summed E-state index contributed by atoms with van der Waals surface area (Å²) in [7, 11) is 2.98. The van der Waals surface area contributed by atoms with E-state index in [-0.39, 0.29) is 28.5 Å². The zero-order valence-electron chi connectivity index (χ0n) is 14.4. The summed E-state index contributed by atoms with van der Waals surface area (Å²) in [5.74, 6) is 0.156. The van der Waals surface area contributed by atoms with Crippen molar-refractivity contribution in [1.29, 1.82) is 5.26 Å². The molecule has 1 aliphatic heterocycles. The van der Waals surface area contributed by atoms with E-state index in [1.807, 2.05) is 6.07 Å². The third kappa shape index (κ3) is 2.50. The molecule has 0 fully saturated rings. The highest BCUT2D eigenvalue weighted by atomic mass is 16.5. The normalized spacial score (nSPS) is 15.7. The lowest BCUT2D eigenvalue weighted by molar-refractivity contribution is 0.165. The monoisotopic (exact) mass is 355 g/mol. The quantitative estimate of drug-likeness (QED) is 0.803. The van der Waals surface area contributed by atoms with Crippen LogP contribution in [-0.2, 0) is 0 Å². The Morgan fingerprint density at radius 1 is 1.31 bits per heavy atom. The SMILES string of the molecule is COc1ccc(OC)c([C@H]2C(C#N)=C(N)Oc3cc(C)n(O)c(=O)c32)c1. The lowest BCUT2D eigenvalue weighted by Crippen LogP contribution is -2.32. The van der Waals surface area contributed by atoms with Crippen molar-refractivity contribution >= 4 is 0 Å². The number of pyridine rings is 1. The van der Waals surface area contributed by atoms with Crippen LogP contribution in [0.4, 0.5) is 0 Å². The molecule has 2 heterocycles. The summed E-state index contributed by atoms with van der Waals surface area (Å²) in [6.07, 6.45) is 0. The fourth-order valence-electron chi connectivity index (χ4n) is 3.01. The van der Waals surface area contributed by atoms with Crippen molar-refractivity contribution in [3.8, 4) is 23.3 Å². The Morgan fingerprint density at radius 2 is 2.04 bits per heavy atom. The van der Waals surface area contributed by atoms with E-state index in [1.165, 1.54) is 20.3 Å². The molecule has 0 radical (unpaired) electrons. The summed E-state index contributed by atoms with van der Waals surface area (Å²) >= 11 is 0. The van der Waals surface area contributed by atoms with Crippen molar-refractivity contribution in [2.75, 3.05) is 14.2 Å². The smallest absolute Gasteiger partial charge is 0.291 e. The van der Waals surface area contributed by atoms with E-state index in [4.69, 9.17) is 19.9 Å². The maximum absolute atomic E-state index is 12.7. The number of hydrogen-bond donors (Lipinski definition) is 2. The first kappa shape index (κ1) is 17.2. The number of allylic oxidation sites excluding steroid dienone is 1. The van der Waals surface area contributed by atoms with Gasteiger partial charge in [-0.3, -0.25) is 4.79 Å². The second-order valence-electron chi connectivity index (χ2n) is 5.71. The molecule has 0 aliphatic carbocycles. The van der Waals surface area contributed by atoms with Crippen molar-refractivity contribution < 1.29 is 19.4 Å². The fourth-order valence-corrected chi connectivity index (χ4v) is 3.01. The molecule has 1 aromatic heterocycles. The van der Waals surface area contributed by atoms with E-state index in [2.05, 4.69) is 0 Å². The number of rotatable bonds is 3. The van der Waals surface area contributed by atoms with Crippen molar-refractivity contribution in [2.45, 2.75) is 12.8 Å². The van der Waals surface area contributed by atoms with Crippen molar-refractivity contribution in [1.82, 2.24) is 4.73 Å². The Bertz CT molecular complexity index is 1020. The first-order chi connectivity index (χ1) is 12.4.